The average molecular weight is 627 g/mol. The van der Waals surface area contributed by atoms with Crippen molar-refractivity contribution in [2.75, 3.05) is 0 Å². The third-order valence-electron chi connectivity index (χ3n) is 9.53. The van der Waals surface area contributed by atoms with Gasteiger partial charge in [-0.3, -0.25) is 19.9 Å². The van der Waals surface area contributed by atoms with E-state index in [1.807, 2.05) is 73.3 Å². The first-order valence-corrected chi connectivity index (χ1v) is 16.5. The molecular formula is C45H30N4. The molecule has 230 valence electrons. The number of benzene rings is 4. The van der Waals surface area contributed by atoms with Crippen LogP contribution in [0, 0.1) is 0 Å². The maximum absolute atomic E-state index is 4.81. The summed E-state index contributed by atoms with van der Waals surface area (Å²) in [5.74, 6) is 0. The van der Waals surface area contributed by atoms with Gasteiger partial charge in [0.1, 0.15) is 0 Å². The lowest BCUT2D eigenvalue weighted by Crippen LogP contribution is -2.29. The molecule has 4 aromatic heterocycles. The van der Waals surface area contributed by atoms with E-state index in [4.69, 9.17) is 19.9 Å². The Hall–Kier alpha value is -6.52. The van der Waals surface area contributed by atoms with Crippen LogP contribution in [0.2, 0.25) is 0 Å². The first-order chi connectivity index (χ1) is 24.3. The highest BCUT2D eigenvalue weighted by Crippen LogP contribution is 2.57. The third-order valence-corrected chi connectivity index (χ3v) is 9.53. The predicted molar refractivity (Wildman–Crippen MR) is 197 cm³/mol. The molecule has 4 nitrogen and oxygen atoms in total. The van der Waals surface area contributed by atoms with Gasteiger partial charge in [0.2, 0.25) is 0 Å². The van der Waals surface area contributed by atoms with Crippen molar-refractivity contribution in [2.45, 2.75) is 5.41 Å². The molecule has 1 aliphatic rings. The van der Waals surface area contributed by atoms with Crippen molar-refractivity contribution < 1.29 is 0 Å². The van der Waals surface area contributed by atoms with Crippen molar-refractivity contribution in [3.05, 3.63) is 205 Å². The summed E-state index contributed by atoms with van der Waals surface area (Å²) in [6.45, 7) is 0. The highest BCUT2D eigenvalue weighted by atomic mass is 14.7. The van der Waals surface area contributed by atoms with Crippen molar-refractivity contribution in [1.82, 2.24) is 19.9 Å². The zero-order valence-electron chi connectivity index (χ0n) is 26.6. The Morgan fingerprint density at radius 3 is 0.918 bits per heavy atom. The second-order valence-electron chi connectivity index (χ2n) is 12.3. The second kappa shape index (κ2) is 11.9. The summed E-state index contributed by atoms with van der Waals surface area (Å²) >= 11 is 0. The van der Waals surface area contributed by atoms with E-state index >= 15 is 0 Å². The van der Waals surface area contributed by atoms with Gasteiger partial charge in [-0.15, -0.1) is 0 Å². The van der Waals surface area contributed by atoms with Crippen LogP contribution in [-0.2, 0) is 5.41 Å². The maximum atomic E-state index is 4.81. The fraction of sp³-hybridized carbons (Fsp3) is 0.0222. The van der Waals surface area contributed by atoms with Crippen LogP contribution in [0.3, 0.4) is 0 Å². The minimum absolute atomic E-state index is 0.685. The minimum Gasteiger partial charge on any atom is -0.256 e. The summed E-state index contributed by atoms with van der Waals surface area (Å²) in [7, 11) is 0. The molecule has 8 aromatic rings. The van der Waals surface area contributed by atoms with Crippen LogP contribution < -0.4 is 0 Å². The molecule has 4 aromatic carbocycles. The van der Waals surface area contributed by atoms with E-state index in [1.54, 1.807) is 0 Å². The monoisotopic (exact) mass is 626 g/mol. The van der Waals surface area contributed by atoms with E-state index in [0.717, 1.165) is 56.2 Å². The van der Waals surface area contributed by atoms with Crippen LogP contribution in [0.25, 0.3) is 56.2 Å². The van der Waals surface area contributed by atoms with Crippen LogP contribution in [0.15, 0.2) is 183 Å². The minimum atomic E-state index is -0.685. The number of fused-ring (bicyclic) bond motifs is 3. The Labute approximate surface area is 285 Å². The third kappa shape index (κ3) is 4.85. The van der Waals surface area contributed by atoms with E-state index in [-0.39, 0.29) is 0 Å². The molecule has 0 bridgehead atoms. The molecule has 0 fully saturated rings. The van der Waals surface area contributed by atoms with E-state index in [0.29, 0.717) is 0 Å². The molecule has 0 N–H and O–H groups in total. The van der Waals surface area contributed by atoms with Crippen LogP contribution in [0.4, 0.5) is 0 Å². The average Bonchev–Trinajstić information content (AvgIpc) is 3.50. The van der Waals surface area contributed by atoms with Gasteiger partial charge in [-0.25, -0.2) is 0 Å². The molecule has 0 radical (unpaired) electrons. The largest absolute Gasteiger partial charge is 0.256 e. The van der Waals surface area contributed by atoms with Crippen molar-refractivity contribution in [3.63, 3.8) is 0 Å². The maximum Gasteiger partial charge on any atom is 0.0714 e. The second-order valence-corrected chi connectivity index (χ2v) is 12.3. The normalized spacial score (nSPS) is 12.7. The van der Waals surface area contributed by atoms with Gasteiger partial charge in [-0.2, -0.15) is 0 Å². The SMILES string of the molecule is c1ccc(-c2cc(-c3ccccn3)cc(C3(c4cc(-c5ccccn5)cc(-c5ccccn5)c4)c4ccccc4-c4ccccc43)c2)nc1. The molecule has 4 heterocycles. The van der Waals surface area contributed by atoms with Gasteiger partial charge >= 0.3 is 0 Å². The van der Waals surface area contributed by atoms with Crippen molar-refractivity contribution in [2.24, 2.45) is 0 Å². The highest BCUT2D eigenvalue weighted by molar-refractivity contribution is 5.88. The summed E-state index contributed by atoms with van der Waals surface area (Å²) in [5, 5.41) is 0. The molecule has 9 rings (SSSR count). The zero-order valence-corrected chi connectivity index (χ0v) is 26.6. The molecule has 0 saturated heterocycles. The highest BCUT2D eigenvalue weighted by Gasteiger charge is 2.46. The summed E-state index contributed by atoms with van der Waals surface area (Å²) in [6, 6.07) is 55.7. The molecule has 0 atom stereocenters. The predicted octanol–water partition coefficient (Wildman–Crippen LogP) is 10.3. The first kappa shape index (κ1) is 28.7. The lowest BCUT2D eigenvalue weighted by molar-refractivity contribution is 0.769. The van der Waals surface area contributed by atoms with Gasteiger partial charge in [0.05, 0.1) is 28.2 Å². The summed E-state index contributed by atoms with van der Waals surface area (Å²) < 4.78 is 0. The molecule has 49 heavy (non-hydrogen) atoms. The molecule has 0 unspecified atom stereocenters. The van der Waals surface area contributed by atoms with Gasteiger partial charge in [0.15, 0.2) is 0 Å². The van der Waals surface area contributed by atoms with Gasteiger partial charge in [-0.05, 0) is 118 Å². The molecule has 4 heteroatoms. The Morgan fingerprint density at radius 2 is 0.612 bits per heavy atom. The summed E-state index contributed by atoms with van der Waals surface area (Å²) in [5.41, 5.74) is 14.3. The van der Waals surface area contributed by atoms with Crippen LogP contribution in [0.1, 0.15) is 22.3 Å². The molecule has 0 amide bonds. The quantitative estimate of drug-likeness (QED) is 0.184. The van der Waals surface area contributed by atoms with Crippen LogP contribution >= 0.6 is 0 Å². The van der Waals surface area contributed by atoms with Crippen LogP contribution in [-0.4, -0.2) is 19.9 Å². The van der Waals surface area contributed by atoms with Crippen molar-refractivity contribution in [3.8, 4) is 56.2 Å². The van der Waals surface area contributed by atoms with Crippen molar-refractivity contribution in [1.29, 1.82) is 0 Å². The molecule has 1 aliphatic carbocycles. The number of nitrogens with zero attached hydrogens (tertiary/aromatic N) is 4. The number of hydrogen-bond acceptors (Lipinski definition) is 4. The number of hydrogen-bond donors (Lipinski definition) is 0. The van der Waals surface area contributed by atoms with Gasteiger partial charge < -0.3 is 0 Å². The molecular weight excluding hydrogens is 597 g/mol. The van der Waals surface area contributed by atoms with E-state index < -0.39 is 5.41 Å². The lowest BCUT2D eigenvalue weighted by Gasteiger charge is -2.35. The van der Waals surface area contributed by atoms with Gasteiger partial charge in [0, 0.05) is 47.0 Å². The molecule has 0 saturated carbocycles. The van der Waals surface area contributed by atoms with E-state index in [1.165, 1.54) is 22.3 Å². The molecule has 0 spiro atoms. The smallest absolute Gasteiger partial charge is 0.0714 e. The number of pyridine rings is 4. The summed E-state index contributed by atoms with van der Waals surface area (Å²) in [4.78, 5) is 19.2. The van der Waals surface area contributed by atoms with E-state index in [9.17, 15) is 0 Å². The fourth-order valence-electron chi connectivity index (χ4n) is 7.44. The lowest BCUT2D eigenvalue weighted by atomic mass is 9.66. The Bertz CT molecular complexity index is 2140. The van der Waals surface area contributed by atoms with Gasteiger partial charge in [-0.1, -0.05) is 72.8 Å². The van der Waals surface area contributed by atoms with E-state index in [2.05, 4.69) is 109 Å². The first-order valence-electron chi connectivity index (χ1n) is 16.5. The number of rotatable bonds is 6. The Morgan fingerprint density at radius 1 is 0.306 bits per heavy atom. The fourth-order valence-corrected chi connectivity index (χ4v) is 7.44. The van der Waals surface area contributed by atoms with Crippen LogP contribution in [0.5, 0.6) is 0 Å². The molecule has 0 aliphatic heterocycles. The topological polar surface area (TPSA) is 51.6 Å². The summed E-state index contributed by atoms with van der Waals surface area (Å²) in [6.07, 6.45) is 7.42. The van der Waals surface area contributed by atoms with Crippen molar-refractivity contribution >= 4 is 0 Å². The van der Waals surface area contributed by atoms with Gasteiger partial charge in [0.25, 0.3) is 0 Å². The Balaban J connectivity index is 1.43. The zero-order chi connectivity index (χ0) is 32.6. The number of aromatic nitrogens is 4. The Kier molecular flexibility index (Phi) is 6.98. The standard InChI is InChI=1S/C45H30N4/c1-3-15-39-37(13-1)38-14-2-4-16-40(38)45(39,35-27-31(41-17-5-9-21-46-41)25-32(28-35)42-18-6-10-22-47-42)36-29-33(43-19-7-11-23-48-43)26-34(30-36)44-20-8-12-24-49-44/h1-30H.